The number of fused-ring (bicyclic) bond motifs is 1. The maximum atomic E-state index is 6.41. The molecule has 0 bridgehead atoms. The van der Waals surface area contributed by atoms with Crippen LogP contribution >= 0.6 is 0 Å². The van der Waals surface area contributed by atoms with Gasteiger partial charge in [-0.05, 0) is 55.2 Å². The van der Waals surface area contributed by atoms with Crippen molar-refractivity contribution in [2.75, 3.05) is 48.8 Å². The average molecular weight is 403 g/mol. The first kappa shape index (κ1) is 19.1. The Hall–Kier alpha value is -2.86. The summed E-state index contributed by atoms with van der Waals surface area (Å²) in [4.78, 5) is 14.1. The molecule has 0 atom stereocenters. The Morgan fingerprint density at radius 3 is 2.50 bits per heavy atom. The Morgan fingerprint density at radius 1 is 1.03 bits per heavy atom. The third kappa shape index (κ3) is 3.56. The molecule has 1 aromatic heterocycles. The Bertz CT molecular complexity index is 1020. The monoisotopic (exact) mass is 402 g/mol. The number of nitrogens with two attached hydrogens (primary N) is 1. The molecule has 6 heteroatoms. The van der Waals surface area contributed by atoms with Gasteiger partial charge in [0.1, 0.15) is 0 Å². The molecule has 156 valence electrons. The quantitative estimate of drug-likeness (QED) is 0.642. The number of hydrogen-bond acceptors (Lipinski definition) is 6. The zero-order chi connectivity index (χ0) is 20.5. The maximum absolute atomic E-state index is 6.41. The van der Waals surface area contributed by atoms with Crippen molar-refractivity contribution in [3.63, 3.8) is 0 Å². The molecular formula is C24H30N6. The van der Waals surface area contributed by atoms with E-state index in [-0.39, 0.29) is 0 Å². The Labute approximate surface area is 178 Å². The van der Waals surface area contributed by atoms with Crippen molar-refractivity contribution in [1.82, 2.24) is 15.3 Å². The predicted molar refractivity (Wildman–Crippen MR) is 125 cm³/mol. The molecule has 2 heterocycles. The van der Waals surface area contributed by atoms with Gasteiger partial charge in [-0.15, -0.1) is 0 Å². The van der Waals surface area contributed by atoms with Crippen molar-refractivity contribution < 1.29 is 0 Å². The fourth-order valence-corrected chi connectivity index (χ4v) is 4.86. The van der Waals surface area contributed by atoms with Gasteiger partial charge >= 0.3 is 0 Å². The van der Waals surface area contributed by atoms with Gasteiger partial charge in [0.2, 0.25) is 5.95 Å². The lowest BCUT2D eigenvalue weighted by atomic mass is 9.93. The molecule has 2 fully saturated rings. The molecule has 1 saturated carbocycles. The van der Waals surface area contributed by atoms with Gasteiger partial charge in [-0.1, -0.05) is 12.8 Å². The maximum Gasteiger partial charge on any atom is 0.230 e. The highest BCUT2D eigenvalue weighted by Crippen LogP contribution is 2.40. The Balaban J connectivity index is 1.45. The van der Waals surface area contributed by atoms with Gasteiger partial charge in [-0.2, -0.15) is 0 Å². The van der Waals surface area contributed by atoms with Gasteiger partial charge in [-0.3, -0.25) is 0 Å². The second-order valence-corrected chi connectivity index (χ2v) is 8.47. The van der Waals surface area contributed by atoms with E-state index in [0.717, 1.165) is 48.5 Å². The molecule has 1 aliphatic heterocycles. The highest BCUT2D eigenvalue weighted by molar-refractivity contribution is 5.87. The average Bonchev–Trinajstić information content (AvgIpc) is 3.33. The van der Waals surface area contributed by atoms with E-state index in [1.165, 1.54) is 36.9 Å². The summed E-state index contributed by atoms with van der Waals surface area (Å²) in [6.07, 6.45) is 6.88. The van der Waals surface area contributed by atoms with Crippen LogP contribution in [0.2, 0.25) is 0 Å². The van der Waals surface area contributed by atoms with Crippen molar-refractivity contribution in [3.8, 4) is 0 Å². The van der Waals surface area contributed by atoms with Crippen LogP contribution in [0, 0.1) is 0 Å². The molecule has 0 unspecified atom stereocenters. The van der Waals surface area contributed by atoms with Crippen molar-refractivity contribution in [1.29, 1.82) is 0 Å². The summed E-state index contributed by atoms with van der Waals surface area (Å²) in [5.41, 5.74) is 11.9. The zero-order valence-electron chi connectivity index (χ0n) is 17.6. The molecule has 5 rings (SSSR count). The third-order valence-corrected chi connectivity index (χ3v) is 6.60. The fraction of sp³-hybridized carbons (Fsp3) is 0.417. The van der Waals surface area contributed by atoms with Gasteiger partial charge in [0.15, 0.2) is 0 Å². The second-order valence-electron chi connectivity index (χ2n) is 8.47. The largest absolute Gasteiger partial charge is 0.398 e. The van der Waals surface area contributed by atoms with Crippen molar-refractivity contribution in [2.45, 2.75) is 31.6 Å². The normalized spacial score (nSPS) is 17.6. The number of nitrogens with zero attached hydrogens (tertiary/aromatic N) is 4. The molecule has 1 saturated heterocycles. The number of rotatable bonds is 4. The Kier molecular flexibility index (Phi) is 5.17. The second kappa shape index (κ2) is 8.11. The van der Waals surface area contributed by atoms with E-state index in [2.05, 4.69) is 44.4 Å². The van der Waals surface area contributed by atoms with Crippen molar-refractivity contribution in [3.05, 3.63) is 48.2 Å². The summed E-state index contributed by atoms with van der Waals surface area (Å²) in [7, 11) is 2.03. The SMILES string of the molecule is CN(c1ccc(N2CCNCC2)cc1)c1ncc2ccc(N)c(C3CCCC3)c2n1. The van der Waals surface area contributed by atoms with Gasteiger partial charge in [0.05, 0.1) is 5.52 Å². The van der Waals surface area contributed by atoms with E-state index >= 15 is 0 Å². The van der Waals surface area contributed by atoms with E-state index in [1.54, 1.807) is 0 Å². The summed E-state index contributed by atoms with van der Waals surface area (Å²) in [5, 5.41) is 4.47. The van der Waals surface area contributed by atoms with Gasteiger partial charge in [0, 0.05) is 67.4 Å². The van der Waals surface area contributed by atoms with Crippen LogP contribution in [0.3, 0.4) is 0 Å². The van der Waals surface area contributed by atoms with E-state index in [4.69, 9.17) is 10.7 Å². The minimum atomic E-state index is 0.514. The van der Waals surface area contributed by atoms with E-state index in [0.29, 0.717) is 11.9 Å². The number of aromatic nitrogens is 2. The van der Waals surface area contributed by atoms with Crippen molar-refractivity contribution >= 4 is 33.9 Å². The molecule has 30 heavy (non-hydrogen) atoms. The number of nitrogens with one attached hydrogen (secondary N) is 1. The summed E-state index contributed by atoms with van der Waals surface area (Å²) in [6.45, 7) is 4.18. The molecule has 2 aliphatic rings. The topological polar surface area (TPSA) is 70.3 Å². The minimum absolute atomic E-state index is 0.514. The van der Waals surface area contributed by atoms with Crippen LogP contribution in [0.15, 0.2) is 42.6 Å². The first-order valence-corrected chi connectivity index (χ1v) is 11.1. The minimum Gasteiger partial charge on any atom is -0.398 e. The van der Waals surface area contributed by atoms with Crippen LogP contribution in [0.25, 0.3) is 10.9 Å². The van der Waals surface area contributed by atoms with Crippen LogP contribution in [0.1, 0.15) is 37.2 Å². The lowest BCUT2D eigenvalue weighted by Crippen LogP contribution is -2.43. The lowest BCUT2D eigenvalue weighted by molar-refractivity contribution is 0.589. The summed E-state index contributed by atoms with van der Waals surface area (Å²) < 4.78 is 0. The number of benzene rings is 2. The van der Waals surface area contributed by atoms with Crippen LogP contribution in [0.4, 0.5) is 23.0 Å². The Morgan fingerprint density at radius 2 is 1.77 bits per heavy atom. The molecule has 2 aromatic carbocycles. The van der Waals surface area contributed by atoms with Gasteiger partial charge in [-0.25, -0.2) is 9.97 Å². The summed E-state index contributed by atoms with van der Waals surface area (Å²) in [6, 6.07) is 12.7. The van der Waals surface area contributed by atoms with Crippen LogP contribution in [-0.4, -0.2) is 43.2 Å². The molecule has 0 amide bonds. The van der Waals surface area contributed by atoms with E-state index in [9.17, 15) is 0 Å². The van der Waals surface area contributed by atoms with Gasteiger partial charge in [0.25, 0.3) is 0 Å². The predicted octanol–water partition coefficient (Wildman–Crippen LogP) is 4.05. The van der Waals surface area contributed by atoms with E-state index in [1.807, 2.05) is 25.4 Å². The fourth-order valence-electron chi connectivity index (χ4n) is 4.86. The molecule has 3 aromatic rings. The standard InChI is InChI=1S/C24H30N6/c1-29(19-7-9-20(10-8-19)30-14-12-26-13-15-30)24-27-16-18-6-11-21(25)22(23(18)28-24)17-4-2-3-5-17/h6-11,16-17,26H,2-5,12-15,25H2,1H3. The first-order valence-electron chi connectivity index (χ1n) is 11.1. The molecular weight excluding hydrogens is 372 g/mol. The smallest absolute Gasteiger partial charge is 0.230 e. The molecule has 6 nitrogen and oxygen atoms in total. The first-order chi connectivity index (χ1) is 14.7. The molecule has 0 spiro atoms. The summed E-state index contributed by atoms with van der Waals surface area (Å²) >= 11 is 0. The van der Waals surface area contributed by atoms with E-state index < -0.39 is 0 Å². The molecule has 1 aliphatic carbocycles. The van der Waals surface area contributed by atoms with Crippen molar-refractivity contribution in [2.24, 2.45) is 0 Å². The number of anilines is 4. The lowest BCUT2D eigenvalue weighted by Gasteiger charge is -2.29. The highest BCUT2D eigenvalue weighted by Gasteiger charge is 2.23. The number of hydrogen-bond donors (Lipinski definition) is 2. The van der Waals surface area contributed by atoms with Crippen LogP contribution in [0.5, 0.6) is 0 Å². The molecule has 3 N–H and O–H groups in total. The van der Waals surface area contributed by atoms with Crippen LogP contribution in [-0.2, 0) is 0 Å². The number of nitrogen functional groups attached to an aromatic ring is 1. The zero-order valence-corrected chi connectivity index (χ0v) is 17.6. The van der Waals surface area contributed by atoms with Crippen LogP contribution < -0.4 is 20.9 Å². The third-order valence-electron chi connectivity index (χ3n) is 6.60. The number of piperazine rings is 1. The molecule has 0 radical (unpaired) electrons. The summed E-state index contributed by atoms with van der Waals surface area (Å²) in [5.74, 6) is 1.22. The van der Waals surface area contributed by atoms with Gasteiger partial charge < -0.3 is 20.9 Å². The highest BCUT2D eigenvalue weighted by atomic mass is 15.2.